The van der Waals surface area contributed by atoms with Crippen LogP contribution in [-0.4, -0.2) is 53.6 Å². The number of rotatable bonds is 8. The fourth-order valence-electron chi connectivity index (χ4n) is 4.57. The minimum Gasteiger partial charge on any atom is -0.480 e. The molecule has 1 saturated heterocycles. The number of benzene rings is 1. The lowest BCUT2D eigenvalue weighted by molar-refractivity contribution is -0.140. The number of carbonyl (C=O) groups is 2. The van der Waals surface area contributed by atoms with Crippen LogP contribution in [-0.2, 0) is 22.4 Å². The number of nitrogens with one attached hydrogen (secondary N) is 2. The van der Waals surface area contributed by atoms with Gasteiger partial charge in [0.05, 0.1) is 6.04 Å². The molecule has 1 heterocycles. The highest BCUT2D eigenvalue weighted by Crippen LogP contribution is 2.29. The molecule has 0 radical (unpaired) electrons. The average Bonchev–Trinajstić information content (AvgIpc) is 3.25. The van der Waals surface area contributed by atoms with E-state index in [1.807, 2.05) is 12.1 Å². The van der Waals surface area contributed by atoms with Gasteiger partial charge in [-0.1, -0.05) is 37.5 Å². The van der Waals surface area contributed by atoms with Crippen molar-refractivity contribution in [2.24, 2.45) is 17.6 Å². The van der Waals surface area contributed by atoms with E-state index in [0.717, 1.165) is 12.8 Å². The molecule has 7 nitrogen and oxygen atoms in total. The van der Waals surface area contributed by atoms with E-state index in [2.05, 4.69) is 22.8 Å². The van der Waals surface area contributed by atoms with E-state index in [1.54, 1.807) is 6.82 Å². The van der Waals surface area contributed by atoms with Gasteiger partial charge in [-0.15, -0.1) is 0 Å². The third-order valence-electron chi connectivity index (χ3n) is 6.15. The second-order valence-electron chi connectivity index (χ2n) is 8.25. The van der Waals surface area contributed by atoms with Crippen molar-refractivity contribution in [1.29, 1.82) is 0 Å². The quantitative estimate of drug-likeness (QED) is 0.408. The molecule has 3 rings (SSSR count). The van der Waals surface area contributed by atoms with Gasteiger partial charge in [0.15, 0.2) is 0 Å². The Labute approximate surface area is 166 Å². The van der Waals surface area contributed by atoms with Crippen molar-refractivity contribution in [2.45, 2.75) is 57.0 Å². The molecule has 0 spiro atoms. The van der Waals surface area contributed by atoms with Crippen LogP contribution in [0, 0.1) is 11.8 Å². The van der Waals surface area contributed by atoms with Crippen molar-refractivity contribution in [3.63, 3.8) is 0 Å². The normalized spacial score (nSPS) is 25.3. The highest BCUT2D eigenvalue weighted by atomic mass is 16.4. The van der Waals surface area contributed by atoms with Gasteiger partial charge in [-0.25, -0.2) is 0 Å². The second kappa shape index (κ2) is 9.07. The summed E-state index contributed by atoms with van der Waals surface area (Å²) in [6.45, 7) is 1.72. The lowest BCUT2D eigenvalue weighted by atomic mass is 9.66. The second-order valence-corrected chi connectivity index (χ2v) is 8.25. The average molecular weight is 387 g/mol. The van der Waals surface area contributed by atoms with Crippen LogP contribution in [0.15, 0.2) is 24.3 Å². The summed E-state index contributed by atoms with van der Waals surface area (Å²) in [6, 6.07) is 6.59. The van der Waals surface area contributed by atoms with Gasteiger partial charge in [-0.3, -0.25) is 9.59 Å². The molecule has 1 aromatic rings. The molecule has 1 fully saturated rings. The first-order valence-electron chi connectivity index (χ1n) is 10.1. The van der Waals surface area contributed by atoms with Crippen molar-refractivity contribution in [2.75, 3.05) is 6.54 Å². The van der Waals surface area contributed by atoms with Crippen LogP contribution < -0.4 is 16.4 Å². The van der Waals surface area contributed by atoms with Crippen LogP contribution in [0.1, 0.15) is 24.0 Å². The molecule has 4 unspecified atom stereocenters. The van der Waals surface area contributed by atoms with Crippen LogP contribution in [0.25, 0.3) is 0 Å². The first kappa shape index (κ1) is 20.8. The molecule has 152 valence electrons. The minimum atomic E-state index is -0.908. The number of hydrogen-bond acceptors (Lipinski definition) is 5. The van der Waals surface area contributed by atoms with E-state index in [-0.39, 0.29) is 23.8 Å². The van der Waals surface area contributed by atoms with Crippen LogP contribution in [0.5, 0.6) is 0 Å². The van der Waals surface area contributed by atoms with Gasteiger partial charge in [0.2, 0.25) is 5.91 Å². The third kappa shape index (κ3) is 4.74. The number of carboxylic acids is 1. The fourth-order valence-corrected chi connectivity index (χ4v) is 4.57. The molecule has 2 aliphatic rings. The topological polar surface area (TPSA) is 125 Å². The lowest BCUT2D eigenvalue weighted by Gasteiger charge is -2.26. The van der Waals surface area contributed by atoms with Gasteiger partial charge in [-0.05, 0) is 42.6 Å². The standard InChI is InChI=1S/C20H30BN3O4/c1-21(28)8-4-7-15-16(11-23-18(15)20(26)27)24-19(25)17(22)14-9-12-5-2-3-6-13(12)10-14/h2-3,5-6,14-18,23,28H,4,7-11,22H2,1H3,(H,24,25)(H,26,27). The first-order chi connectivity index (χ1) is 13.4. The summed E-state index contributed by atoms with van der Waals surface area (Å²) < 4.78 is 0. The molecule has 0 bridgehead atoms. The summed E-state index contributed by atoms with van der Waals surface area (Å²) in [5, 5.41) is 24.9. The minimum absolute atomic E-state index is 0.0655. The summed E-state index contributed by atoms with van der Waals surface area (Å²) in [7, 11) is 0. The predicted molar refractivity (Wildman–Crippen MR) is 108 cm³/mol. The van der Waals surface area contributed by atoms with Crippen molar-refractivity contribution in [3.8, 4) is 0 Å². The Bertz CT molecular complexity index is 689. The maximum absolute atomic E-state index is 12.8. The summed E-state index contributed by atoms with van der Waals surface area (Å²) in [5.41, 5.74) is 8.78. The summed E-state index contributed by atoms with van der Waals surface area (Å²) in [5.74, 6) is -1.27. The molecule has 1 aliphatic carbocycles. The van der Waals surface area contributed by atoms with Gasteiger partial charge in [0.25, 0.3) is 6.92 Å². The summed E-state index contributed by atoms with van der Waals surface area (Å²) >= 11 is 0. The monoisotopic (exact) mass is 387 g/mol. The molecule has 0 aromatic heterocycles. The Morgan fingerprint density at radius 3 is 2.54 bits per heavy atom. The number of hydrogen-bond donors (Lipinski definition) is 5. The van der Waals surface area contributed by atoms with Crippen molar-refractivity contribution in [1.82, 2.24) is 10.6 Å². The van der Waals surface area contributed by atoms with Gasteiger partial charge in [0.1, 0.15) is 6.04 Å². The Balaban J connectivity index is 1.59. The Morgan fingerprint density at radius 1 is 1.32 bits per heavy atom. The number of fused-ring (bicyclic) bond motifs is 1. The molecular weight excluding hydrogens is 357 g/mol. The van der Waals surface area contributed by atoms with E-state index in [0.29, 0.717) is 25.7 Å². The van der Waals surface area contributed by atoms with Gasteiger partial charge >= 0.3 is 5.97 Å². The predicted octanol–water partition coefficient (Wildman–Crippen LogP) is 0.280. The SMILES string of the molecule is CB(O)CCCC1C(NC(=O)C(N)C2Cc3ccccc3C2)CNC1C(=O)O. The van der Waals surface area contributed by atoms with Gasteiger partial charge in [-0.2, -0.15) is 0 Å². The molecule has 1 aromatic carbocycles. The molecule has 6 N–H and O–H groups in total. The van der Waals surface area contributed by atoms with E-state index in [4.69, 9.17) is 5.73 Å². The number of amides is 1. The van der Waals surface area contributed by atoms with E-state index in [9.17, 15) is 19.7 Å². The molecule has 1 aliphatic heterocycles. The number of carbonyl (C=O) groups excluding carboxylic acids is 1. The summed E-state index contributed by atoms with van der Waals surface area (Å²) in [6.07, 6.45) is 3.55. The Kier molecular flexibility index (Phi) is 6.75. The van der Waals surface area contributed by atoms with Crippen LogP contribution in [0.3, 0.4) is 0 Å². The molecule has 8 heteroatoms. The zero-order valence-electron chi connectivity index (χ0n) is 16.3. The summed E-state index contributed by atoms with van der Waals surface area (Å²) in [4.78, 5) is 24.3. The zero-order chi connectivity index (χ0) is 20.3. The van der Waals surface area contributed by atoms with Crippen LogP contribution in [0.4, 0.5) is 0 Å². The molecule has 0 saturated carbocycles. The van der Waals surface area contributed by atoms with Crippen LogP contribution in [0.2, 0.25) is 13.1 Å². The van der Waals surface area contributed by atoms with Crippen molar-refractivity contribution in [3.05, 3.63) is 35.4 Å². The number of carboxylic acid groups (broad SMARTS) is 1. The zero-order valence-corrected chi connectivity index (χ0v) is 16.3. The Morgan fingerprint density at radius 2 is 1.96 bits per heavy atom. The van der Waals surface area contributed by atoms with E-state index in [1.165, 1.54) is 11.1 Å². The number of aliphatic carboxylic acids is 1. The molecule has 28 heavy (non-hydrogen) atoms. The maximum atomic E-state index is 12.8. The largest absolute Gasteiger partial charge is 0.480 e. The highest BCUT2D eigenvalue weighted by molar-refractivity contribution is 6.48. The van der Waals surface area contributed by atoms with E-state index >= 15 is 0 Å². The Hall–Kier alpha value is -1.90. The fraction of sp³-hybridized carbons (Fsp3) is 0.600. The van der Waals surface area contributed by atoms with Crippen molar-refractivity contribution < 1.29 is 19.7 Å². The maximum Gasteiger partial charge on any atom is 0.321 e. The lowest BCUT2D eigenvalue weighted by Crippen LogP contribution is -2.51. The number of nitrogens with two attached hydrogens (primary N) is 1. The highest BCUT2D eigenvalue weighted by Gasteiger charge is 2.41. The van der Waals surface area contributed by atoms with Crippen molar-refractivity contribution >= 4 is 18.8 Å². The molecular formula is C20H30BN3O4. The van der Waals surface area contributed by atoms with E-state index < -0.39 is 25.0 Å². The van der Waals surface area contributed by atoms with Gasteiger partial charge in [0, 0.05) is 18.5 Å². The molecule has 4 atom stereocenters. The molecule has 1 amide bonds. The first-order valence-corrected chi connectivity index (χ1v) is 10.1. The third-order valence-corrected chi connectivity index (χ3v) is 6.15. The van der Waals surface area contributed by atoms with Crippen LogP contribution >= 0.6 is 0 Å². The van der Waals surface area contributed by atoms with Gasteiger partial charge < -0.3 is 26.5 Å². The smallest absolute Gasteiger partial charge is 0.321 e.